The maximum atomic E-state index is 12.6. The molecule has 0 saturated heterocycles. The summed E-state index contributed by atoms with van der Waals surface area (Å²) >= 11 is 0. The Kier molecular flexibility index (Phi) is 5.30. The molecule has 0 unspecified atom stereocenters. The van der Waals surface area contributed by atoms with E-state index < -0.39 is 17.2 Å². The molecular weight excluding hydrogens is 412 g/mol. The number of pyridine rings is 2. The van der Waals surface area contributed by atoms with Crippen molar-refractivity contribution in [3.8, 4) is 28.5 Å². The molecule has 0 spiro atoms. The van der Waals surface area contributed by atoms with Crippen molar-refractivity contribution in [3.63, 3.8) is 0 Å². The Balaban J connectivity index is 1.71. The van der Waals surface area contributed by atoms with Gasteiger partial charge < -0.3 is 20.3 Å². The maximum absolute atomic E-state index is 12.6. The van der Waals surface area contributed by atoms with Crippen LogP contribution in [0.5, 0.6) is 17.2 Å². The summed E-state index contributed by atoms with van der Waals surface area (Å²) in [6, 6.07) is 14.7. The van der Waals surface area contributed by atoms with Crippen LogP contribution in [0.4, 0.5) is 0 Å². The van der Waals surface area contributed by atoms with Crippen LogP contribution in [-0.4, -0.2) is 37.4 Å². The van der Waals surface area contributed by atoms with E-state index >= 15 is 0 Å². The number of amides is 1. The molecule has 2 aromatic heterocycles. The van der Waals surface area contributed by atoms with Crippen LogP contribution in [0.25, 0.3) is 22.0 Å². The quantitative estimate of drug-likeness (QED) is 0.248. The molecule has 0 aliphatic rings. The average molecular weight is 430 g/mol. The average Bonchev–Trinajstić information content (AvgIpc) is 2.77. The number of phenolic OH excluding ortho intramolecular Hbond substituents is 2. The number of carbonyl (C=O) groups excluding carboxylic acids is 1. The summed E-state index contributed by atoms with van der Waals surface area (Å²) < 4.78 is 0. The molecule has 0 radical (unpaired) electrons. The fraction of sp³-hybridized carbons (Fsp3) is 0.0435. The number of hydrogen-bond acceptors (Lipinski definition) is 7. The van der Waals surface area contributed by atoms with E-state index in [9.17, 15) is 24.9 Å². The van der Waals surface area contributed by atoms with Gasteiger partial charge in [-0.15, -0.1) is 0 Å². The standard InChI is InChI=1S/C23H18N4O5/c1-12-19-16(10-17(25-12)13-5-3-2-4-6-13)21(30)20(26-22(19)31)23(32)27-24-11-14-7-8-15(28)9-18(14)29/h2-11,28-30H,1H3,(H,26,31)(H,27,32)/b24-11+. The van der Waals surface area contributed by atoms with E-state index in [0.717, 1.165) is 17.8 Å². The number of H-pyrrole nitrogens is 1. The number of aromatic amines is 1. The monoisotopic (exact) mass is 430 g/mol. The number of rotatable bonds is 4. The minimum Gasteiger partial charge on any atom is -0.508 e. The lowest BCUT2D eigenvalue weighted by Gasteiger charge is -2.10. The number of aromatic hydroxyl groups is 3. The number of phenols is 2. The Morgan fingerprint density at radius 1 is 1.09 bits per heavy atom. The van der Waals surface area contributed by atoms with Gasteiger partial charge in [-0.1, -0.05) is 30.3 Å². The van der Waals surface area contributed by atoms with Gasteiger partial charge in [0.1, 0.15) is 11.5 Å². The molecule has 9 heteroatoms. The fourth-order valence-corrected chi connectivity index (χ4v) is 3.29. The van der Waals surface area contributed by atoms with Crippen LogP contribution in [0.3, 0.4) is 0 Å². The van der Waals surface area contributed by atoms with Crippen LogP contribution in [0, 0.1) is 6.92 Å². The third kappa shape index (κ3) is 3.86. The fourth-order valence-electron chi connectivity index (χ4n) is 3.29. The molecule has 1 amide bonds. The summed E-state index contributed by atoms with van der Waals surface area (Å²) in [5.41, 5.74) is 3.25. The summed E-state index contributed by atoms with van der Waals surface area (Å²) in [6.07, 6.45) is 1.16. The number of hydrogen-bond donors (Lipinski definition) is 5. The normalized spacial score (nSPS) is 11.2. The number of carbonyl (C=O) groups is 1. The van der Waals surface area contributed by atoms with Crippen molar-refractivity contribution >= 4 is 22.9 Å². The second-order valence-electron chi connectivity index (χ2n) is 7.00. The predicted octanol–water partition coefficient (Wildman–Crippen LogP) is 2.78. The zero-order valence-electron chi connectivity index (χ0n) is 16.8. The lowest BCUT2D eigenvalue weighted by molar-refractivity contribution is 0.0947. The van der Waals surface area contributed by atoms with E-state index in [1.54, 1.807) is 13.0 Å². The van der Waals surface area contributed by atoms with Gasteiger partial charge in [-0.3, -0.25) is 14.6 Å². The van der Waals surface area contributed by atoms with Crippen LogP contribution >= 0.6 is 0 Å². The van der Waals surface area contributed by atoms with Crippen LogP contribution in [0.2, 0.25) is 0 Å². The molecule has 4 aromatic rings. The minimum atomic E-state index is -0.855. The van der Waals surface area contributed by atoms with Crippen molar-refractivity contribution in [1.29, 1.82) is 0 Å². The van der Waals surface area contributed by atoms with E-state index in [-0.39, 0.29) is 33.5 Å². The lowest BCUT2D eigenvalue weighted by Crippen LogP contribution is -2.23. The van der Waals surface area contributed by atoms with Crippen LogP contribution < -0.4 is 11.0 Å². The molecular formula is C23H18N4O5. The second-order valence-corrected chi connectivity index (χ2v) is 7.00. The molecule has 32 heavy (non-hydrogen) atoms. The van der Waals surface area contributed by atoms with Gasteiger partial charge in [-0.25, -0.2) is 5.43 Å². The predicted molar refractivity (Wildman–Crippen MR) is 119 cm³/mol. The van der Waals surface area contributed by atoms with Gasteiger partial charge in [0.25, 0.3) is 11.5 Å². The first-order valence-corrected chi connectivity index (χ1v) is 9.52. The molecule has 0 bridgehead atoms. The molecule has 0 aliphatic carbocycles. The van der Waals surface area contributed by atoms with E-state index in [1.165, 1.54) is 12.1 Å². The van der Waals surface area contributed by atoms with Crippen molar-refractivity contribution in [3.05, 3.63) is 81.9 Å². The maximum Gasteiger partial charge on any atom is 0.291 e. The lowest BCUT2D eigenvalue weighted by atomic mass is 10.0. The van der Waals surface area contributed by atoms with Crippen LogP contribution in [0.15, 0.2) is 64.5 Å². The molecule has 2 heterocycles. The Labute approximate surface area is 181 Å². The molecule has 4 rings (SSSR count). The molecule has 9 nitrogen and oxygen atoms in total. The first kappa shape index (κ1) is 20.6. The Morgan fingerprint density at radius 3 is 2.56 bits per heavy atom. The van der Waals surface area contributed by atoms with Crippen molar-refractivity contribution in [2.45, 2.75) is 6.92 Å². The zero-order chi connectivity index (χ0) is 22.8. The van der Waals surface area contributed by atoms with Crippen molar-refractivity contribution in [2.75, 3.05) is 0 Å². The summed E-state index contributed by atoms with van der Waals surface area (Å²) in [7, 11) is 0. The first-order chi connectivity index (χ1) is 15.3. The largest absolute Gasteiger partial charge is 0.508 e. The van der Waals surface area contributed by atoms with Gasteiger partial charge in [-0.05, 0) is 25.1 Å². The third-order valence-corrected chi connectivity index (χ3v) is 4.84. The van der Waals surface area contributed by atoms with E-state index in [2.05, 4.69) is 20.5 Å². The van der Waals surface area contributed by atoms with Gasteiger partial charge in [0.15, 0.2) is 11.4 Å². The highest BCUT2D eigenvalue weighted by molar-refractivity contribution is 6.02. The molecule has 0 saturated carbocycles. The van der Waals surface area contributed by atoms with Gasteiger partial charge in [0, 0.05) is 22.6 Å². The van der Waals surface area contributed by atoms with Crippen molar-refractivity contribution in [1.82, 2.24) is 15.4 Å². The molecule has 5 N–H and O–H groups in total. The molecule has 2 aromatic carbocycles. The van der Waals surface area contributed by atoms with Crippen LogP contribution in [0.1, 0.15) is 21.7 Å². The highest BCUT2D eigenvalue weighted by atomic mass is 16.3. The summed E-state index contributed by atoms with van der Waals surface area (Å²) in [5.74, 6) is -1.63. The number of fused-ring (bicyclic) bond motifs is 1. The molecule has 0 fully saturated rings. The highest BCUT2D eigenvalue weighted by Gasteiger charge is 2.19. The first-order valence-electron chi connectivity index (χ1n) is 9.52. The summed E-state index contributed by atoms with van der Waals surface area (Å²) in [4.78, 5) is 32.0. The summed E-state index contributed by atoms with van der Waals surface area (Å²) in [5, 5.41) is 33.9. The highest BCUT2D eigenvalue weighted by Crippen LogP contribution is 2.30. The van der Waals surface area contributed by atoms with Crippen LogP contribution in [-0.2, 0) is 0 Å². The minimum absolute atomic E-state index is 0.123. The molecule has 0 aliphatic heterocycles. The van der Waals surface area contributed by atoms with E-state index in [1.807, 2.05) is 30.3 Å². The number of aromatic nitrogens is 2. The Morgan fingerprint density at radius 2 is 1.84 bits per heavy atom. The Bertz CT molecular complexity index is 1430. The topological polar surface area (TPSA) is 148 Å². The smallest absolute Gasteiger partial charge is 0.291 e. The number of hydrazone groups is 1. The number of benzene rings is 2. The van der Waals surface area contributed by atoms with E-state index in [4.69, 9.17) is 0 Å². The van der Waals surface area contributed by atoms with Gasteiger partial charge in [0.05, 0.1) is 23.0 Å². The van der Waals surface area contributed by atoms with Gasteiger partial charge in [0.2, 0.25) is 0 Å². The van der Waals surface area contributed by atoms with Gasteiger partial charge >= 0.3 is 0 Å². The number of nitrogens with one attached hydrogen (secondary N) is 2. The van der Waals surface area contributed by atoms with E-state index in [0.29, 0.717) is 11.4 Å². The summed E-state index contributed by atoms with van der Waals surface area (Å²) in [6.45, 7) is 1.65. The number of nitrogens with zero attached hydrogens (tertiary/aromatic N) is 2. The van der Waals surface area contributed by atoms with Crippen molar-refractivity contribution in [2.24, 2.45) is 5.10 Å². The molecule has 160 valence electrons. The van der Waals surface area contributed by atoms with Crippen molar-refractivity contribution < 1.29 is 20.1 Å². The Hall–Kier alpha value is -4.66. The zero-order valence-corrected chi connectivity index (χ0v) is 16.8. The van der Waals surface area contributed by atoms with Gasteiger partial charge in [-0.2, -0.15) is 5.10 Å². The second kappa shape index (κ2) is 8.23. The molecule has 0 atom stereocenters. The number of aryl methyl sites for hydroxylation is 1. The SMILES string of the molecule is Cc1nc(-c2ccccc2)cc2c(O)c(C(=O)N/N=C/c3ccc(O)cc3O)[nH]c(=O)c12. The third-order valence-electron chi connectivity index (χ3n) is 4.84.